The summed E-state index contributed by atoms with van der Waals surface area (Å²) < 4.78 is 57.2. The summed E-state index contributed by atoms with van der Waals surface area (Å²) in [6.45, 7) is 5.78. The van der Waals surface area contributed by atoms with Crippen molar-refractivity contribution in [3.63, 3.8) is 0 Å². The third-order valence-electron chi connectivity index (χ3n) is 7.21. The number of hydrogen-bond acceptors (Lipinski definition) is 5. The fourth-order valence-corrected chi connectivity index (χ4v) is 9.26. The lowest BCUT2D eigenvalue weighted by Crippen LogP contribution is -2.58. The minimum absolute atomic E-state index is 0.00941. The number of aryl methyl sites for hydroxylation is 1. The third kappa shape index (κ3) is 3.97. The van der Waals surface area contributed by atoms with Crippen LogP contribution in [0.4, 0.5) is 5.69 Å². The Morgan fingerprint density at radius 2 is 1.36 bits per heavy atom. The minimum Gasteiger partial charge on any atom is -0.256 e. The third-order valence-corrected chi connectivity index (χ3v) is 11.4. The van der Waals surface area contributed by atoms with E-state index in [1.807, 2.05) is 6.92 Å². The molecule has 0 bridgehead atoms. The number of anilines is 1. The summed E-state index contributed by atoms with van der Waals surface area (Å²) in [6, 6.07) is 29.9. The number of fused-ring (bicyclic) bond motifs is 1. The molecular formula is C31H26N2O4S2. The van der Waals surface area contributed by atoms with Gasteiger partial charge < -0.3 is 0 Å². The second-order valence-electron chi connectivity index (χ2n) is 9.42. The van der Waals surface area contributed by atoms with Crippen LogP contribution in [0.25, 0.3) is 0 Å². The maximum Gasteiger partial charge on any atom is 0.264 e. The zero-order valence-corrected chi connectivity index (χ0v) is 22.8. The maximum absolute atomic E-state index is 14.7. The highest BCUT2D eigenvalue weighted by molar-refractivity contribution is 7.94. The molecule has 0 saturated heterocycles. The number of para-hydroxylation sites is 1. The van der Waals surface area contributed by atoms with Crippen LogP contribution in [0.1, 0.15) is 28.7 Å². The molecule has 6 nitrogen and oxygen atoms in total. The largest absolute Gasteiger partial charge is 0.264 e. The van der Waals surface area contributed by atoms with Crippen LogP contribution < -0.4 is 4.31 Å². The molecule has 1 aliphatic heterocycles. The van der Waals surface area contributed by atoms with Crippen molar-refractivity contribution in [2.24, 2.45) is 0 Å². The average molecular weight is 555 g/mol. The highest BCUT2D eigenvalue weighted by atomic mass is 32.2. The van der Waals surface area contributed by atoms with Crippen molar-refractivity contribution in [2.45, 2.75) is 33.4 Å². The van der Waals surface area contributed by atoms with Crippen LogP contribution in [0.15, 0.2) is 132 Å². The number of sulfone groups is 1. The van der Waals surface area contributed by atoms with E-state index in [4.69, 9.17) is 0 Å². The summed E-state index contributed by atoms with van der Waals surface area (Å²) in [5, 5.41) is 11.0. The number of nitrogens with zero attached hydrogens (tertiary/aromatic N) is 2. The molecule has 8 heteroatoms. The molecule has 1 heterocycles. The first kappa shape index (κ1) is 26.4. The molecule has 0 N–H and O–H groups in total. The van der Waals surface area contributed by atoms with Crippen molar-refractivity contribution < 1.29 is 16.8 Å². The summed E-state index contributed by atoms with van der Waals surface area (Å²) in [4.78, 5) is -0.0868. The van der Waals surface area contributed by atoms with Gasteiger partial charge in [0.15, 0.2) is 4.75 Å². The predicted octanol–water partition coefficient (Wildman–Crippen LogP) is 5.95. The first-order valence-corrected chi connectivity index (χ1v) is 15.2. The number of allylic oxidation sites excluding steroid dienone is 1. The van der Waals surface area contributed by atoms with E-state index >= 15 is 0 Å². The van der Waals surface area contributed by atoms with Gasteiger partial charge >= 0.3 is 0 Å². The number of nitriles is 1. The Labute approximate surface area is 229 Å². The zero-order valence-electron chi connectivity index (χ0n) is 21.2. The standard InChI is InChI=1S/C31H26N2O4S2/c1-3-28-27-16-10-11-17-29(27)33(39(36,37)26-20-18-23(2)19-21-26)30(24-12-6-4-7-13-24)31(28,22-32)38(34,35)25-14-8-5-9-15-25/h3-21,28,30H,1H2,2H3/t28-,30-,31?/m1/s1. The van der Waals surface area contributed by atoms with E-state index in [9.17, 15) is 22.1 Å². The van der Waals surface area contributed by atoms with Gasteiger partial charge in [-0.2, -0.15) is 5.26 Å². The molecular weight excluding hydrogens is 528 g/mol. The van der Waals surface area contributed by atoms with E-state index in [2.05, 4.69) is 12.6 Å². The lowest BCUT2D eigenvalue weighted by Gasteiger charge is -2.49. The monoisotopic (exact) mass is 554 g/mol. The molecule has 0 aliphatic carbocycles. The Hall–Kier alpha value is -4.19. The second kappa shape index (κ2) is 9.84. The van der Waals surface area contributed by atoms with Gasteiger partial charge in [0.05, 0.1) is 21.5 Å². The Bertz CT molecular complexity index is 1780. The molecule has 0 radical (unpaired) electrons. The zero-order chi connectivity index (χ0) is 27.8. The van der Waals surface area contributed by atoms with Crippen LogP contribution in [0.2, 0.25) is 0 Å². The van der Waals surface area contributed by atoms with Gasteiger partial charge in [-0.25, -0.2) is 16.8 Å². The van der Waals surface area contributed by atoms with E-state index in [0.717, 1.165) is 9.87 Å². The van der Waals surface area contributed by atoms with Crippen LogP contribution in [-0.2, 0) is 19.9 Å². The first-order chi connectivity index (χ1) is 18.7. The van der Waals surface area contributed by atoms with Crippen molar-refractivity contribution in [1.29, 1.82) is 5.26 Å². The molecule has 4 aromatic rings. The average Bonchev–Trinajstić information content (AvgIpc) is 2.96. The van der Waals surface area contributed by atoms with Crippen LogP contribution in [0.3, 0.4) is 0 Å². The van der Waals surface area contributed by atoms with Gasteiger partial charge in [-0.05, 0) is 48.4 Å². The summed E-state index contributed by atoms with van der Waals surface area (Å²) in [5.74, 6) is -1.04. The van der Waals surface area contributed by atoms with Crippen molar-refractivity contribution in [1.82, 2.24) is 0 Å². The van der Waals surface area contributed by atoms with E-state index in [1.165, 1.54) is 30.3 Å². The smallest absolute Gasteiger partial charge is 0.256 e. The fourth-order valence-electron chi connectivity index (χ4n) is 5.38. The highest BCUT2D eigenvalue weighted by Gasteiger charge is 2.64. The van der Waals surface area contributed by atoms with Crippen LogP contribution in [-0.4, -0.2) is 21.6 Å². The molecule has 196 valence electrons. The molecule has 39 heavy (non-hydrogen) atoms. The summed E-state index contributed by atoms with van der Waals surface area (Å²) in [6.07, 6.45) is 1.44. The molecule has 4 aromatic carbocycles. The molecule has 0 aromatic heterocycles. The lowest BCUT2D eigenvalue weighted by atomic mass is 9.75. The van der Waals surface area contributed by atoms with Gasteiger partial charge in [0.1, 0.15) is 6.04 Å². The topological polar surface area (TPSA) is 95.3 Å². The molecule has 0 spiro atoms. The van der Waals surface area contributed by atoms with Crippen molar-refractivity contribution in [3.8, 4) is 6.07 Å². The molecule has 5 rings (SSSR count). The molecule has 1 aliphatic rings. The number of sulfonamides is 1. The summed E-state index contributed by atoms with van der Waals surface area (Å²) in [5.41, 5.74) is 1.93. The maximum atomic E-state index is 14.7. The van der Waals surface area contributed by atoms with Crippen molar-refractivity contribution in [3.05, 3.63) is 139 Å². The molecule has 0 saturated carbocycles. The van der Waals surface area contributed by atoms with Gasteiger partial charge in [0.25, 0.3) is 10.0 Å². The Kier molecular flexibility index (Phi) is 6.67. The van der Waals surface area contributed by atoms with Gasteiger partial charge in [0, 0.05) is 5.92 Å². The molecule has 3 atom stereocenters. The Balaban J connectivity index is 1.95. The van der Waals surface area contributed by atoms with E-state index in [0.29, 0.717) is 16.8 Å². The fraction of sp³-hybridized carbons (Fsp3) is 0.129. The predicted molar refractivity (Wildman–Crippen MR) is 151 cm³/mol. The molecule has 0 fully saturated rings. The SMILES string of the molecule is C=C[C@@H]1c2ccccc2N(S(=O)(=O)c2ccc(C)cc2)[C@H](c2ccccc2)C1(C#N)S(=O)(=O)c1ccccc1. The van der Waals surface area contributed by atoms with E-state index < -0.39 is 36.6 Å². The van der Waals surface area contributed by atoms with Crippen LogP contribution in [0.5, 0.6) is 0 Å². The first-order valence-electron chi connectivity index (χ1n) is 12.3. The normalized spacial score (nSPS) is 21.0. The number of benzene rings is 4. The second-order valence-corrected chi connectivity index (χ2v) is 13.4. The van der Waals surface area contributed by atoms with Gasteiger partial charge in [-0.15, -0.1) is 6.58 Å². The summed E-state index contributed by atoms with van der Waals surface area (Å²) in [7, 11) is -8.86. The quantitative estimate of drug-likeness (QED) is 0.275. The van der Waals surface area contributed by atoms with Gasteiger partial charge in [0.2, 0.25) is 9.84 Å². The van der Waals surface area contributed by atoms with Crippen molar-refractivity contribution in [2.75, 3.05) is 4.31 Å². The van der Waals surface area contributed by atoms with Gasteiger partial charge in [-0.1, -0.05) is 90.5 Å². The van der Waals surface area contributed by atoms with Crippen LogP contribution >= 0.6 is 0 Å². The Morgan fingerprint density at radius 1 is 0.795 bits per heavy atom. The number of hydrogen-bond donors (Lipinski definition) is 0. The van der Waals surface area contributed by atoms with Gasteiger partial charge in [-0.3, -0.25) is 4.31 Å². The highest BCUT2D eigenvalue weighted by Crippen LogP contribution is 2.57. The van der Waals surface area contributed by atoms with E-state index in [1.54, 1.807) is 84.9 Å². The minimum atomic E-state index is -4.50. The van der Waals surface area contributed by atoms with Crippen molar-refractivity contribution >= 4 is 25.5 Å². The van der Waals surface area contributed by atoms with E-state index in [-0.39, 0.29) is 9.79 Å². The van der Waals surface area contributed by atoms with Crippen LogP contribution in [0, 0.1) is 18.3 Å². The number of rotatable bonds is 6. The molecule has 1 unspecified atom stereocenters. The Morgan fingerprint density at radius 3 is 1.95 bits per heavy atom. The lowest BCUT2D eigenvalue weighted by molar-refractivity contribution is 0.456. The summed E-state index contributed by atoms with van der Waals surface area (Å²) >= 11 is 0. The molecule has 0 amide bonds.